The van der Waals surface area contributed by atoms with Crippen molar-refractivity contribution in [2.24, 2.45) is 17.3 Å². The third-order valence-electron chi connectivity index (χ3n) is 7.19. The molecule has 162 valence electrons. The maximum Gasteiger partial charge on any atom is 0.308 e. The van der Waals surface area contributed by atoms with Crippen molar-refractivity contribution in [2.45, 2.75) is 40.5 Å². The van der Waals surface area contributed by atoms with Gasteiger partial charge in [-0.3, -0.25) is 9.59 Å². The molecule has 4 nitrogen and oxygen atoms in total. The molecule has 0 spiro atoms. The first-order chi connectivity index (χ1) is 14.7. The molecule has 3 rings (SSSR count). The molecule has 1 aliphatic rings. The van der Waals surface area contributed by atoms with Gasteiger partial charge in [0.05, 0.1) is 11.8 Å². The predicted octanol–water partition coefficient (Wildman–Crippen LogP) is 5.55. The molecule has 1 aliphatic carbocycles. The summed E-state index contributed by atoms with van der Waals surface area (Å²) in [6.07, 6.45) is 0.536. The normalized spacial score (nSPS) is 17.5. The van der Waals surface area contributed by atoms with Crippen LogP contribution in [0.1, 0.15) is 38.8 Å². The lowest BCUT2D eigenvalue weighted by Gasteiger charge is -2.44. The summed E-state index contributed by atoms with van der Waals surface area (Å²) in [5, 5.41) is 20.9. The average molecular weight is 419 g/mol. The van der Waals surface area contributed by atoms with Crippen molar-refractivity contribution in [1.82, 2.24) is 0 Å². The number of carboxylic acid groups (broad SMARTS) is 2. The quantitative estimate of drug-likeness (QED) is 0.590. The van der Waals surface area contributed by atoms with E-state index in [0.717, 1.165) is 33.4 Å². The van der Waals surface area contributed by atoms with Crippen LogP contribution in [0.4, 0.5) is 0 Å². The second-order valence-electron chi connectivity index (χ2n) is 8.53. The molecule has 2 atom stereocenters. The lowest BCUT2D eigenvalue weighted by Crippen LogP contribution is -2.48. The Hall–Kier alpha value is -3.14. The molecule has 0 amide bonds. The monoisotopic (exact) mass is 418 g/mol. The molecule has 0 saturated carbocycles. The Morgan fingerprint density at radius 2 is 1.00 bits per heavy atom. The van der Waals surface area contributed by atoms with Crippen LogP contribution < -0.4 is 0 Å². The molecule has 0 fully saturated rings. The Morgan fingerprint density at radius 1 is 0.677 bits per heavy atom. The zero-order valence-electron chi connectivity index (χ0n) is 18.6. The van der Waals surface area contributed by atoms with Gasteiger partial charge in [-0.2, -0.15) is 0 Å². The third-order valence-corrected chi connectivity index (χ3v) is 7.19. The molecule has 0 radical (unpaired) electrons. The molecular weight excluding hydrogens is 388 g/mol. The summed E-state index contributed by atoms with van der Waals surface area (Å²) in [6, 6.07) is 19.0. The molecule has 4 heteroatoms. The minimum atomic E-state index is -1.10. The number of allylic oxidation sites excluding steroid dienone is 4. The van der Waals surface area contributed by atoms with Gasteiger partial charge in [0.25, 0.3) is 0 Å². The highest BCUT2D eigenvalue weighted by Gasteiger charge is 2.56. The van der Waals surface area contributed by atoms with Gasteiger partial charge in [0.15, 0.2) is 0 Å². The summed E-state index contributed by atoms with van der Waals surface area (Å²) in [5.41, 5.74) is 4.38. The number of carbonyl (C=O) groups is 2. The van der Waals surface area contributed by atoms with E-state index in [1.54, 1.807) is 0 Å². The summed E-state index contributed by atoms with van der Waals surface area (Å²) in [6.45, 7) is 7.77. The molecule has 2 aromatic rings. The molecule has 0 saturated heterocycles. The van der Waals surface area contributed by atoms with Crippen LogP contribution in [0.3, 0.4) is 0 Å². The third kappa shape index (κ3) is 3.95. The van der Waals surface area contributed by atoms with Crippen LogP contribution in [-0.4, -0.2) is 22.2 Å². The van der Waals surface area contributed by atoms with Gasteiger partial charge in [0.2, 0.25) is 0 Å². The Balaban J connectivity index is 2.24. The van der Waals surface area contributed by atoms with Crippen LogP contribution in [0, 0.1) is 17.3 Å². The van der Waals surface area contributed by atoms with Crippen LogP contribution in [0.5, 0.6) is 0 Å². The van der Waals surface area contributed by atoms with E-state index in [9.17, 15) is 19.8 Å². The highest BCUT2D eigenvalue weighted by molar-refractivity contribution is 5.81. The molecule has 2 unspecified atom stereocenters. The fourth-order valence-electron chi connectivity index (χ4n) is 5.34. The van der Waals surface area contributed by atoms with Crippen molar-refractivity contribution in [1.29, 1.82) is 0 Å². The largest absolute Gasteiger partial charge is 0.481 e. The molecular formula is C27H30O4. The highest BCUT2D eigenvalue weighted by Crippen LogP contribution is 2.57. The van der Waals surface area contributed by atoms with Crippen LogP contribution >= 0.6 is 0 Å². The van der Waals surface area contributed by atoms with Crippen molar-refractivity contribution in [3.8, 4) is 0 Å². The van der Waals surface area contributed by atoms with Crippen LogP contribution in [0.25, 0.3) is 0 Å². The average Bonchev–Trinajstić information content (AvgIpc) is 2.92. The van der Waals surface area contributed by atoms with Crippen molar-refractivity contribution in [2.75, 3.05) is 0 Å². The van der Waals surface area contributed by atoms with E-state index in [0.29, 0.717) is 0 Å². The predicted molar refractivity (Wildman–Crippen MR) is 122 cm³/mol. The SMILES string of the molecule is CC1=C(C)C(C(Cc2ccccc2)C(=O)O)(C(Cc2ccccc2)C(=O)O)C(C)=C1C. The summed E-state index contributed by atoms with van der Waals surface area (Å²) in [7, 11) is 0. The van der Waals surface area contributed by atoms with Crippen LogP contribution in [0.2, 0.25) is 0 Å². The minimum Gasteiger partial charge on any atom is -0.481 e. The van der Waals surface area contributed by atoms with Crippen molar-refractivity contribution in [3.05, 3.63) is 94.1 Å². The Kier molecular flexibility index (Phi) is 6.49. The first-order valence-corrected chi connectivity index (χ1v) is 10.6. The molecule has 0 heterocycles. The number of benzene rings is 2. The summed E-state index contributed by atoms with van der Waals surface area (Å²) in [4.78, 5) is 25.5. The first-order valence-electron chi connectivity index (χ1n) is 10.6. The van der Waals surface area contributed by atoms with E-state index in [1.165, 1.54) is 0 Å². The number of hydrogen-bond acceptors (Lipinski definition) is 2. The van der Waals surface area contributed by atoms with Gasteiger partial charge in [0, 0.05) is 5.41 Å². The fraction of sp³-hybridized carbons (Fsp3) is 0.333. The maximum absolute atomic E-state index is 12.7. The Bertz CT molecular complexity index is 946. The van der Waals surface area contributed by atoms with Crippen LogP contribution in [-0.2, 0) is 22.4 Å². The van der Waals surface area contributed by atoms with Crippen molar-refractivity contribution in [3.63, 3.8) is 0 Å². The Morgan fingerprint density at radius 3 is 1.29 bits per heavy atom. The van der Waals surface area contributed by atoms with Gasteiger partial charge in [-0.05, 0) is 62.8 Å². The number of hydrogen-bond donors (Lipinski definition) is 2. The number of carboxylic acids is 2. The zero-order valence-corrected chi connectivity index (χ0v) is 18.6. The molecule has 0 bridgehead atoms. The molecule has 0 aliphatic heterocycles. The lowest BCUT2D eigenvalue weighted by atomic mass is 9.57. The van der Waals surface area contributed by atoms with E-state index < -0.39 is 29.2 Å². The fourth-order valence-corrected chi connectivity index (χ4v) is 5.34. The van der Waals surface area contributed by atoms with Gasteiger partial charge in [0.1, 0.15) is 0 Å². The van der Waals surface area contributed by atoms with Gasteiger partial charge in [-0.15, -0.1) is 0 Å². The first kappa shape index (κ1) is 22.5. The molecule has 31 heavy (non-hydrogen) atoms. The maximum atomic E-state index is 12.7. The van der Waals surface area contributed by atoms with E-state index in [4.69, 9.17) is 0 Å². The Labute approximate surface area is 183 Å². The molecule has 2 aromatic carbocycles. The topological polar surface area (TPSA) is 74.6 Å². The van der Waals surface area contributed by atoms with E-state index in [1.807, 2.05) is 88.4 Å². The summed E-state index contributed by atoms with van der Waals surface area (Å²) >= 11 is 0. The van der Waals surface area contributed by atoms with Gasteiger partial charge >= 0.3 is 11.9 Å². The van der Waals surface area contributed by atoms with E-state index >= 15 is 0 Å². The summed E-state index contributed by atoms with van der Waals surface area (Å²) < 4.78 is 0. The standard InChI is InChI=1S/C27H30O4/c1-17-18(2)20(4)27(19(17)3,23(25(28)29)15-21-11-7-5-8-12-21)24(26(30)31)16-22-13-9-6-10-14-22/h5-14,23-24H,15-16H2,1-4H3,(H,28,29)(H,30,31). The number of rotatable bonds is 8. The smallest absolute Gasteiger partial charge is 0.308 e. The second kappa shape index (κ2) is 8.93. The van der Waals surface area contributed by atoms with E-state index in [2.05, 4.69) is 0 Å². The van der Waals surface area contributed by atoms with Crippen LogP contribution in [0.15, 0.2) is 83.0 Å². The number of aliphatic carboxylic acids is 2. The highest BCUT2D eigenvalue weighted by atomic mass is 16.4. The van der Waals surface area contributed by atoms with Crippen molar-refractivity contribution >= 4 is 11.9 Å². The lowest BCUT2D eigenvalue weighted by molar-refractivity contribution is -0.152. The summed E-state index contributed by atoms with van der Waals surface area (Å²) in [5.74, 6) is -3.73. The zero-order chi connectivity index (χ0) is 22.8. The minimum absolute atomic E-state index is 0.268. The molecule has 0 aromatic heterocycles. The van der Waals surface area contributed by atoms with Gasteiger partial charge < -0.3 is 10.2 Å². The molecule has 2 N–H and O–H groups in total. The van der Waals surface area contributed by atoms with Crippen molar-refractivity contribution < 1.29 is 19.8 Å². The van der Waals surface area contributed by atoms with Gasteiger partial charge in [-0.25, -0.2) is 0 Å². The van der Waals surface area contributed by atoms with E-state index in [-0.39, 0.29) is 12.8 Å². The second-order valence-corrected chi connectivity index (χ2v) is 8.53. The van der Waals surface area contributed by atoms with Gasteiger partial charge in [-0.1, -0.05) is 71.8 Å².